The second-order valence-electron chi connectivity index (χ2n) is 2.56. The first-order valence-corrected chi connectivity index (χ1v) is 5.20. The lowest BCUT2D eigenvalue weighted by Crippen LogP contribution is -2.05. The smallest absolute Gasteiger partial charge is 0.335 e. The van der Waals surface area contributed by atoms with E-state index in [1.54, 1.807) is 0 Å². The molecule has 0 saturated heterocycles. The molecule has 0 fully saturated rings. The predicted molar refractivity (Wildman–Crippen MR) is 47.2 cm³/mol. The summed E-state index contributed by atoms with van der Waals surface area (Å²) in [5, 5.41) is 0. The number of para-hydroxylation sites is 1. The van der Waals surface area contributed by atoms with Crippen molar-refractivity contribution in [2.75, 3.05) is 13.9 Å². The van der Waals surface area contributed by atoms with E-state index >= 15 is 0 Å². The van der Waals surface area contributed by atoms with Crippen LogP contribution in [0.2, 0.25) is 0 Å². The molecule has 1 aromatic rings. The minimum absolute atomic E-state index is 0.372. The molecule has 0 heterocycles. The molecular weight excluding hydrogens is 230 g/mol. The Hall–Kier alpha value is -1.21. The van der Waals surface area contributed by atoms with Gasteiger partial charge >= 0.3 is 10.2 Å². The van der Waals surface area contributed by atoms with E-state index in [-0.39, 0.29) is 6.79 Å². The number of halogens is 2. The molecule has 0 aliphatic carbocycles. The number of hydrogen-bond acceptors (Lipinski definition) is 4. The van der Waals surface area contributed by atoms with E-state index in [4.69, 9.17) is 0 Å². The monoisotopic (exact) mass is 238 g/mol. The van der Waals surface area contributed by atoms with Gasteiger partial charge in [0.15, 0.2) is 18.4 Å². The van der Waals surface area contributed by atoms with Crippen molar-refractivity contribution in [3.05, 3.63) is 24.0 Å². The summed E-state index contributed by atoms with van der Waals surface area (Å²) in [7, 11) is -3.74. The van der Waals surface area contributed by atoms with Gasteiger partial charge in [-0.05, 0) is 12.1 Å². The van der Waals surface area contributed by atoms with E-state index in [1.807, 2.05) is 0 Å². The molecule has 0 aliphatic heterocycles. The van der Waals surface area contributed by atoms with Crippen molar-refractivity contribution in [1.82, 2.24) is 0 Å². The summed E-state index contributed by atoms with van der Waals surface area (Å²) in [6.45, 7) is -0.372. The molecular formula is C8H8F2O4S. The highest BCUT2D eigenvalue weighted by molar-refractivity contribution is 7.86. The molecule has 0 bridgehead atoms. The summed E-state index contributed by atoms with van der Waals surface area (Å²) >= 11 is 0. The van der Waals surface area contributed by atoms with E-state index in [0.29, 0.717) is 0 Å². The van der Waals surface area contributed by atoms with Gasteiger partial charge in [0.25, 0.3) is 0 Å². The van der Waals surface area contributed by atoms with Crippen LogP contribution in [0.5, 0.6) is 5.75 Å². The molecule has 0 aromatic heterocycles. The van der Waals surface area contributed by atoms with E-state index in [1.165, 1.54) is 7.11 Å². The van der Waals surface area contributed by atoms with Gasteiger partial charge in [0.2, 0.25) is 0 Å². The number of methoxy groups -OCH3 is 1. The van der Waals surface area contributed by atoms with Crippen molar-refractivity contribution in [3.8, 4) is 5.75 Å². The molecule has 84 valence electrons. The fourth-order valence-electron chi connectivity index (χ4n) is 0.939. The summed E-state index contributed by atoms with van der Waals surface area (Å²) in [6, 6.07) is 2.94. The molecule has 1 rings (SSSR count). The molecule has 0 amide bonds. The standard InChI is InChI=1S/C8H8F2O4S/c1-13-5-14-8-6(9)3-2-4-7(8)15(10,11)12/h2-4H,5H2,1H3. The summed E-state index contributed by atoms with van der Waals surface area (Å²) in [4.78, 5) is -0.848. The van der Waals surface area contributed by atoms with Crippen LogP contribution in [-0.2, 0) is 15.0 Å². The van der Waals surface area contributed by atoms with Crippen LogP contribution in [0.25, 0.3) is 0 Å². The molecule has 0 spiro atoms. The van der Waals surface area contributed by atoms with Gasteiger partial charge in [-0.25, -0.2) is 4.39 Å². The van der Waals surface area contributed by atoms with Crippen molar-refractivity contribution < 1.29 is 26.2 Å². The van der Waals surface area contributed by atoms with Crippen molar-refractivity contribution in [2.45, 2.75) is 4.90 Å². The maximum absolute atomic E-state index is 13.1. The van der Waals surface area contributed by atoms with Gasteiger partial charge in [-0.1, -0.05) is 6.07 Å². The van der Waals surface area contributed by atoms with Gasteiger partial charge in [0.1, 0.15) is 4.90 Å². The first-order chi connectivity index (χ1) is 6.96. The van der Waals surface area contributed by atoms with Crippen molar-refractivity contribution in [3.63, 3.8) is 0 Å². The molecule has 15 heavy (non-hydrogen) atoms. The molecule has 7 heteroatoms. The van der Waals surface area contributed by atoms with Crippen LogP contribution in [0.3, 0.4) is 0 Å². The Kier molecular flexibility index (Phi) is 3.59. The van der Waals surface area contributed by atoms with Gasteiger partial charge in [-0.2, -0.15) is 8.42 Å². The molecule has 0 unspecified atom stereocenters. The average Bonchev–Trinajstić information content (AvgIpc) is 2.14. The lowest BCUT2D eigenvalue weighted by Gasteiger charge is -2.08. The Bertz CT molecular complexity index is 444. The number of hydrogen-bond donors (Lipinski definition) is 0. The predicted octanol–water partition coefficient (Wildman–Crippen LogP) is 1.47. The second-order valence-corrected chi connectivity index (χ2v) is 3.87. The minimum atomic E-state index is -5.01. The maximum atomic E-state index is 13.1. The molecule has 4 nitrogen and oxygen atoms in total. The Labute approximate surface area is 85.6 Å². The van der Waals surface area contributed by atoms with Crippen molar-refractivity contribution >= 4 is 10.2 Å². The summed E-state index contributed by atoms with van der Waals surface area (Å²) < 4.78 is 56.1. The lowest BCUT2D eigenvalue weighted by atomic mass is 10.3. The molecule has 0 aliphatic rings. The molecule has 0 radical (unpaired) electrons. The van der Waals surface area contributed by atoms with Crippen LogP contribution in [0.1, 0.15) is 0 Å². The van der Waals surface area contributed by atoms with Crippen LogP contribution in [0.4, 0.5) is 8.28 Å². The van der Waals surface area contributed by atoms with Crippen molar-refractivity contribution in [1.29, 1.82) is 0 Å². The third kappa shape index (κ3) is 2.87. The fraction of sp³-hybridized carbons (Fsp3) is 0.250. The fourth-order valence-corrected chi connectivity index (χ4v) is 1.56. The zero-order valence-corrected chi connectivity index (χ0v) is 8.55. The van der Waals surface area contributed by atoms with Gasteiger partial charge < -0.3 is 9.47 Å². The van der Waals surface area contributed by atoms with Gasteiger partial charge in [-0.15, -0.1) is 3.89 Å². The van der Waals surface area contributed by atoms with Gasteiger partial charge in [-0.3, -0.25) is 0 Å². The first kappa shape index (κ1) is 11.9. The SMILES string of the molecule is COCOc1c(F)cccc1S(=O)(=O)F. The van der Waals surface area contributed by atoms with Crippen LogP contribution in [-0.4, -0.2) is 22.3 Å². The third-order valence-electron chi connectivity index (χ3n) is 1.51. The number of benzene rings is 1. The van der Waals surface area contributed by atoms with E-state index in [2.05, 4.69) is 9.47 Å². The minimum Gasteiger partial charge on any atom is -0.463 e. The van der Waals surface area contributed by atoms with E-state index in [0.717, 1.165) is 18.2 Å². The average molecular weight is 238 g/mol. The van der Waals surface area contributed by atoms with Crippen molar-refractivity contribution in [2.24, 2.45) is 0 Å². The maximum Gasteiger partial charge on any atom is 0.335 e. The highest BCUT2D eigenvalue weighted by Crippen LogP contribution is 2.28. The summed E-state index contributed by atoms with van der Waals surface area (Å²) in [5.74, 6) is -1.65. The first-order valence-electron chi connectivity index (χ1n) is 3.81. The number of rotatable bonds is 4. The third-order valence-corrected chi connectivity index (χ3v) is 2.36. The zero-order chi connectivity index (χ0) is 11.5. The Balaban J connectivity index is 3.21. The Morgan fingerprint density at radius 2 is 2.07 bits per heavy atom. The second kappa shape index (κ2) is 4.54. The van der Waals surface area contributed by atoms with Crippen LogP contribution >= 0.6 is 0 Å². The Morgan fingerprint density at radius 1 is 1.40 bits per heavy atom. The van der Waals surface area contributed by atoms with Crippen LogP contribution in [0, 0.1) is 5.82 Å². The topological polar surface area (TPSA) is 52.6 Å². The lowest BCUT2D eigenvalue weighted by molar-refractivity contribution is 0.0460. The van der Waals surface area contributed by atoms with Crippen LogP contribution in [0.15, 0.2) is 23.1 Å². The molecule has 0 saturated carbocycles. The Morgan fingerprint density at radius 3 is 2.60 bits per heavy atom. The van der Waals surface area contributed by atoms with Gasteiger partial charge in [0, 0.05) is 7.11 Å². The summed E-state index contributed by atoms with van der Waals surface area (Å²) in [6.07, 6.45) is 0. The number of ether oxygens (including phenoxy) is 2. The largest absolute Gasteiger partial charge is 0.463 e. The highest BCUT2D eigenvalue weighted by Gasteiger charge is 2.21. The highest BCUT2D eigenvalue weighted by atomic mass is 32.3. The van der Waals surface area contributed by atoms with E-state index < -0.39 is 26.7 Å². The van der Waals surface area contributed by atoms with Gasteiger partial charge in [0.05, 0.1) is 0 Å². The molecule has 0 atom stereocenters. The zero-order valence-electron chi connectivity index (χ0n) is 7.74. The molecule has 0 N–H and O–H groups in total. The summed E-state index contributed by atoms with van der Waals surface area (Å²) in [5.41, 5.74) is 0. The normalized spacial score (nSPS) is 11.4. The quantitative estimate of drug-likeness (QED) is 0.588. The van der Waals surface area contributed by atoms with E-state index in [9.17, 15) is 16.7 Å². The van der Waals surface area contributed by atoms with Crippen LogP contribution < -0.4 is 4.74 Å². The molecule has 1 aromatic carbocycles.